The van der Waals surface area contributed by atoms with E-state index in [4.69, 9.17) is 20.8 Å². The van der Waals surface area contributed by atoms with Crippen molar-refractivity contribution < 1.29 is 9.15 Å². The van der Waals surface area contributed by atoms with Gasteiger partial charge in [0.25, 0.3) is 0 Å². The van der Waals surface area contributed by atoms with Crippen molar-refractivity contribution in [1.82, 2.24) is 9.88 Å². The van der Waals surface area contributed by atoms with Crippen molar-refractivity contribution in [3.63, 3.8) is 0 Å². The Morgan fingerprint density at radius 1 is 1.13 bits per heavy atom. The maximum atomic E-state index is 6.06. The van der Waals surface area contributed by atoms with Crippen LogP contribution in [0.5, 0.6) is 5.75 Å². The normalized spacial score (nSPS) is 16.3. The van der Waals surface area contributed by atoms with E-state index in [1.54, 1.807) is 0 Å². The lowest BCUT2D eigenvalue weighted by Gasteiger charge is -2.30. The van der Waals surface area contributed by atoms with Gasteiger partial charge in [0.1, 0.15) is 11.3 Å². The summed E-state index contributed by atoms with van der Waals surface area (Å²) in [6, 6.07) is 14.1. The fourth-order valence-corrected chi connectivity index (χ4v) is 4.19. The van der Waals surface area contributed by atoms with Crippen LogP contribution in [-0.2, 0) is 5.41 Å². The average molecular weight is 427 g/mol. The summed E-state index contributed by atoms with van der Waals surface area (Å²) in [5, 5.41) is 0.699. The predicted octanol–water partition coefficient (Wildman–Crippen LogP) is 6.43. The number of ether oxygens (including phenoxy) is 1. The van der Waals surface area contributed by atoms with E-state index >= 15 is 0 Å². The second kappa shape index (κ2) is 8.99. The Bertz CT molecular complexity index is 984. The molecule has 0 unspecified atom stereocenters. The van der Waals surface area contributed by atoms with Crippen LogP contribution < -0.4 is 4.74 Å². The molecule has 2 heterocycles. The van der Waals surface area contributed by atoms with Gasteiger partial charge in [-0.25, -0.2) is 4.98 Å². The van der Waals surface area contributed by atoms with Gasteiger partial charge in [0.05, 0.1) is 6.61 Å². The van der Waals surface area contributed by atoms with E-state index in [2.05, 4.69) is 48.9 Å². The zero-order valence-corrected chi connectivity index (χ0v) is 18.9. The zero-order valence-electron chi connectivity index (χ0n) is 18.2. The summed E-state index contributed by atoms with van der Waals surface area (Å²) in [5.41, 5.74) is 3.13. The minimum atomic E-state index is 0.144. The second-order valence-electron chi connectivity index (χ2n) is 9.26. The summed E-state index contributed by atoms with van der Waals surface area (Å²) >= 11 is 6.06. The summed E-state index contributed by atoms with van der Waals surface area (Å²) < 4.78 is 12.0. The molecule has 0 bridgehead atoms. The highest BCUT2D eigenvalue weighted by molar-refractivity contribution is 6.31. The first-order valence-corrected chi connectivity index (χ1v) is 11.3. The predicted molar refractivity (Wildman–Crippen MR) is 123 cm³/mol. The molecule has 1 fully saturated rings. The standard InChI is InChI=1S/C25H31ClN2O2/c1-25(2,3)19-6-4-7-21(16-19)29-15-5-12-28-13-10-18(11-14-28)24-27-22-17-20(26)8-9-23(22)30-24/h4,6-9,16-18H,5,10-15H2,1-3H3. The molecule has 0 saturated carbocycles. The van der Waals surface area contributed by atoms with E-state index < -0.39 is 0 Å². The number of hydrogen-bond acceptors (Lipinski definition) is 4. The molecule has 2 aromatic carbocycles. The molecule has 1 aromatic heterocycles. The molecule has 4 nitrogen and oxygen atoms in total. The van der Waals surface area contributed by atoms with Gasteiger partial charge in [0.2, 0.25) is 0 Å². The van der Waals surface area contributed by atoms with Crippen LogP contribution in [0, 0.1) is 0 Å². The Morgan fingerprint density at radius 2 is 1.93 bits per heavy atom. The molecule has 4 rings (SSSR count). The summed E-state index contributed by atoms with van der Waals surface area (Å²) in [6.07, 6.45) is 3.19. The van der Waals surface area contributed by atoms with Gasteiger partial charge in [-0.05, 0) is 73.7 Å². The highest BCUT2D eigenvalue weighted by Gasteiger charge is 2.24. The lowest BCUT2D eigenvalue weighted by atomic mass is 9.87. The monoisotopic (exact) mass is 426 g/mol. The van der Waals surface area contributed by atoms with Crippen molar-refractivity contribution in [1.29, 1.82) is 0 Å². The Kier molecular flexibility index (Phi) is 6.35. The van der Waals surface area contributed by atoms with Crippen molar-refractivity contribution in [2.75, 3.05) is 26.2 Å². The Balaban J connectivity index is 1.21. The summed E-state index contributed by atoms with van der Waals surface area (Å²) in [5.74, 6) is 2.22. The number of fused-ring (bicyclic) bond motifs is 1. The third-order valence-electron chi connectivity index (χ3n) is 5.89. The zero-order chi connectivity index (χ0) is 21.1. The smallest absolute Gasteiger partial charge is 0.198 e. The van der Waals surface area contributed by atoms with Crippen LogP contribution in [-0.4, -0.2) is 36.1 Å². The summed E-state index contributed by atoms with van der Waals surface area (Å²) in [7, 11) is 0. The number of nitrogens with zero attached hydrogens (tertiary/aromatic N) is 2. The minimum absolute atomic E-state index is 0.144. The molecule has 0 amide bonds. The first kappa shape index (κ1) is 21.2. The SMILES string of the molecule is CC(C)(C)c1cccc(OCCCN2CCC(c3nc4cc(Cl)ccc4o3)CC2)c1. The molecule has 1 aliphatic rings. The molecule has 30 heavy (non-hydrogen) atoms. The molecule has 1 aliphatic heterocycles. The first-order valence-electron chi connectivity index (χ1n) is 10.9. The number of piperidine rings is 1. The van der Waals surface area contributed by atoms with Gasteiger partial charge < -0.3 is 14.1 Å². The molecule has 0 atom stereocenters. The van der Waals surface area contributed by atoms with E-state index in [9.17, 15) is 0 Å². The van der Waals surface area contributed by atoms with Crippen LogP contribution in [0.25, 0.3) is 11.1 Å². The highest BCUT2D eigenvalue weighted by Crippen LogP contribution is 2.31. The third-order valence-corrected chi connectivity index (χ3v) is 6.13. The van der Waals surface area contributed by atoms with Gasteiger partial charge in [0.15, 0.2) is 11.5 Å². The number of halogens is 1. The lowest BCUT2D eigenvalue weighted by Crippen LogP contribution is -2.34. The molecule has 0 radical (unpaired) electrons. The van der Waals surface area contributed by atoms with Gasteiger partial charge in [-0.3, -0.25) is 0 Å². The average Bonchev–Trinajstić information content (AvgIpc) is 3.14. The Labute approximate surface area is 184 Å². The van der Waals surface area contributed by atoms with Crippen molar-refractivity contribution in [2.45, 2.75) is 51.4 Å². The number of oxazole rings is 1. The van der Waals surface area contributed by atoms with Crippen LogP contribution in [0.15, 0.2) is 46.9 Å². The molecular weight excluding hydrogens is 396 g/mol. The molecule has 0 N–H and O–H groups in total. The molecule has 160 valence electrons. The number of aromatic nitrogens is 1. The summed E-state index contributed by atoms with van der Waals surface area (Å²) in [6.45, 7) is 10.6. The van der Waals surface area contributed by atoms with Gasteiger partial charge in [0, 0.05) is 17.5 Å². The maximum Gasteiger partial charge on any atom is 0.198 e. The quantitative estimate of drug-likeness (QED) is 0.426. The number of likely N-dealkylation sites (tertiary alicyclic amines) is 1. The number of rotatable bonds is 6. The van der Waals surface area contributed by atoms with Crippen LogP contribution >= 0.6 is 11.6 Å². The minimum Gasteiger partial charge on any atom is -0.494 e. The Morgan fingerprint density at radius 3 is 2.70 bits per heavy atom. The van der Waals surface area contributed by atoms with E-state index in [-0.39, 0.29) is 5.41 Å². The number of benzene rings is 2. The second-order valence-corrected chi connectivity index (χ2v) is 9.70. The molecular formula is C25H31ClN2O2. The van der Waals surface area contributed by atoms with E-state index in [1.165, 1.54) is 5.56 Å². The van der Waals surface area contributed by atoms with Crippen molar-refractivity contribution in [2.24, 2.45) is 0 Å². The van der Waals surface area contributed by atoms with Gasteiger partial charge >= 0.3 is 0 Å². The highest BCUT2D eigenvalue weighted by atomic mass is 35.5. The Hall–Kier alpha value is -2.04. The third kappa shape index (κ3) is 5.16. The maximum absolute atomic E-state index is 6.06. The van der Waals surface area contributed by atoms with Gasteiger partial charge in [-0.2, -0.15) is 0 Å². The van der Waals surface area contributed by atoms with Crippen LogP contribution in [0.2, 0.25) is 5.02 Å². The van der Waals surface area contributed by atoms with E-state index in [0.29, 0.717) is 10.9 Å². The van der Waals surface area contributed by atoms with Crippen molar-refractivity contribution >= 4 is 22.7 Å². The molecule has 1 saturated heterocycles. The fraction of sp³-hybridized carbons (Fsp3) is 0.480. The lowest BCUT2D eigenvalue weighted by molar-refractivity contribution is 0.184. The van der Waals surface area contributed by atoms with Crippen molar-refractivity contribution in [3.8, 4) is 5.75 Å². The number of hydrogen-bond donors (Lipinski definition) is 0. The van der Waals surface area contributed by atoms with Crippen LogP contribution in [0.4, 0.5) is 0 Å². The molecule has 5 heteroatoms. The first-order chi connectivity index (χ1) is 14.4. The fourth-order valence-electron chi connectivity index (χ4n) is 4.03. The van der Waals surface area contributed by atoms with Crippen LogP contribution in [0.3, 0.4) is 0 Å². The molecule has 3 aromatic rings. The molecule has 0 aliphatic carbocycles. The van der Waals surface area contributed by atoms with Crippen molar-refractivity contribution in [3.05, 3.63) is 58.9 Å². The summed E-state index contributed by atoms with van der Waals surface area (Å²) in [4.78, 5) is 7.18. The van der Waals surface area contributed by atoms with E-state index in [0.717, 1.165) is 68.2 Å². The van der Waals surface area contributed by atoms with E-state index in [1.807, 2.05) is 24.3 Å². The largest absolute Gasteiger partial charge is 0.494 e. The topological polar surface area (TPSA) is 38.5 Å². The van der Waals surface area contributed by atoms with Crippen LogP contribution in [0.1, 0.15) is 57.4 Å². The van der Waals surface area contributed by atoms with Gasteiger partial charge in [-0.15, -0.1) is 0 Å². The van der Waals surface area contributed by atoms with Gasteiger partial charge in [-0.1, -0.05) is 44.5 Å². The molecule has 0 spiro atoms.